The minimum Gasteiger partial charge on any atom is -0.493 e. The second kappa shape index (κ2) is 27.4. The van der Waals surface area contributed by atoms with Gasteiger partial charge in [-0.2, -0.15) is 10.5 Å². The number of nitriles is 2. The fourth-order valence-corrected chi connectivity index (χ4v) is 7.99. The van der Waals surface area contributed by atoms with Crippen LogP contribution in [0.1, 0.15) is 86.8 Å². The number of rotatable bonds is 30. The lowest BCUT2D eigenvalue weighted by Crippen LogP contribution is -2.16. The minimum atomic E-state index is -2.21. The molecule has 0 spiro atoms. The summed E-state index contributed by atoms with van der Waals surface area (Å²) >= 11 is 0. The van der Waals surface area contributed by atoms with E-state index in [0.29, 0.717) is 88.1 Å². The third-order valence-electron chi connectivity index (χ3n) is 10.6. The van der Waals surface area contributed by atoms with Gasteiger partial charge in [-0.1, -0.05) is 24.3 Å². The highest BCUT2D eigenvalue weighted by Gasteiger charge is 2.19. The zero-order valence-corrected chi connectivity index (χ0v) is 40.4. The number of nitrogens with one attached hydrogen (secondary N) is 2. The molecule has 6 rings (SSSR count). The number of furan rings is 2. The van der Waals surface area contributed by atoms with Gasteiger partial charge in [-0.15, -0.1) is 9.05 Å². The van der Waals surface area contributed by atoms with Crippen LogP contribution in [0.4, 0.5) is 0 Å². The fourth-order valence-electron chi connectivity index (χ4n) is 7.36. The van der Waals surface area contributed by atoms with Crippen LogP contribution in [0.3, 0.4) is 0 Å². The molecule has 0 amide bonds. The smallest absolute Gasteiger partial charge is 0.493 e. The summed E-state index contributed by atoms with van der Waals surface area (Å²) in [4.78, 5) is 0. The van der Waals surface area contributed by atoms with E-state index in [1.54, 1.807) is 25.1 Å². The number of hydrogen-bond acceptors (Lipinski definition) is 13. The van der Waals surface area contributed by atoms with E-state index in [0.717, 1.165) is 81.7 Å². The van der Waals surface area contributed by atoms with Crippen LogP contribution in [-0.4, -0.2) is 51.7 Å². The Labute approximate surface area is 401 Å². The molecule has 2 heterocycles. The SMILES string of the molecule is CC(C)Oc1ccc(CCCOc2ccc(CNCCCO[P+](=O)OCCCNCc3ccc(OCCCc4ccc(OC(C)C)c(C#N)c4)c(-c4ccoc4)c3)cc2-c2ccoc2)cc1C#N. The molecule has 2 aromatic heterocycles. The molecule has 0 bridgehead atoms. The topological polar surface area (TPSA) is 170 Å². The van der Waals surface area contributed by atoms with Crippen molar-refractivity contribution in [1.29, 1.82) is 10.5 Å². The largest absolute Gasteiger partial charge is 0.697 e. The second-order valence-electron chi connectivity index (χ2n) is 16.8. The highest BCUT2D eigenvalue weighted by Crippen LogP contribution is 2.34. The number of hydrogen-bond donors (Lipinski definition) is 2. The van der Waals surface area contributed by atoms with Gasteiger partial charge in [0.1, 0.15) is 48.4 Å². The molecule has 356 valence electrons. The molecule has 6 aromatic rings. The predicted octanol–water partition coefficient (Wildman–Crippen LogP) is 11.9. The highest BCUT2D eigenvalue weighted by molar-refractivity contribution is 7.33. The summed E-state index contributed by atoms with van der Waals surface area (Å²) in [6.45, 7) is 12.1. The van der Waals surface area contributed by atoms with Crippen LogP contribution >= 0.6 is 8.25 Å². The summed E-state index contributed by atoms with van der Waals surface area (Å²) in [6, 6.07) is 32.1. The van der Waals surface area contributed by atoms with Gasteiger partial charge in [0.25, 0.3) is 0 Å². The molecule has 0 aliphatic heterocycles. The van der Waals surface area contributed by atoms with Gasteiger partial charge in [0, 0.05) is 39.9 Å². The monoisotopic (exact) mass is 941 g/mol. The minimum absolute atomic E-state index is 0.000626. The van der Waals surface area contributed by atoms with E-state index < -0.39 is 8.25 Å². The molecular weight excluding hydrogens is 880 g/mol. The van der Waals surface area contributed by atoms with Crippen molar-refractivity contribution in [2.24, 2.45) is 0 Å². The van der Waals surface area contributed by atoms with Crippen molar-refractivity contribution < 1.29 is 41.4 Å². The van der Waals surface area contributed by atoms with Gasteiger partial charge < -0.3 is 38.4 Å². The van der Waals surface area contributed by atoms with E-state index in [4.69, 9.17) is 36.8 Å². The van der Waals surface area contributed by atoms with Crippen LogP contribution in [0.5, 0.6) is 23.0 Å². The van der Waals surface area contributed by atoms with Crippen LogP contribution < -0.4 is 29.6 Å². The average Bonchev–Trinajstić information content (AvgIpc) is 4.09. The quantitative estimate of drug-likeness (QED) is 0.0323. The van der Waals surface area contributed by atoms with E-state index in [-0.39, 0.29) is 12.2 Å². The first kappa shape index (κ1) is 51.0. The van der Waals surface area contributed by atoms with Gasteiger partial charge >= 0.3 is 8.25 Å². The van der Waals surface area contributed by atoms with Crippen molar-refractivity contribution >= 4 is 8.25 Å². The molecule has 13 nitrogen and oxygen atoms in total. The Morgan fingerprint density at radius 2 is 0.971 bits per heavy atom. The van der Waals surface area contributed by atoms with Crippen LogP contribution in [0.15, 0.2) is 119 Å². The molecule has 0 aliphatic carbocycles. The molecule has 2 N–H and O–H groups in total. The maximum atomic E-state index is 12.4. The van der Waals surface area contributed by atoms with Crippen LogP contribution in [0.2, 0.25) is 0 Å². The van der Waals surface area contributed by atoms with Crippen molar-refractivity contribution in [3.05, 3.63) is 143 Å². The van der Waals surface area contributed by atoms with E-state index in [1.165, 1.54) is 0 Å². The average molecular weight is 942 g/mol. The Kier molecular flexibility index (Phi) is 20.5. The van der Waals surface area contributed by atoms with Crippen LogP contribution in [0.25, 0.3) is 22.3 Å². The van der Waals surface area contributed by atoms with Gasteiger partial charge in [0.2, 0.25) is 0 Å². The highest BCUT2D eigenvalue weighted by atomic mass is 31.1. The van der Waals surface area contributed by atoms with Crippen molar-refractivity contribution in [2.75, 3.05) is 39.5 Å². The van der Waals surface area contributed by atoms with Crippen molar-refractivity contribution in [3.63, 3.8) is 0 Å². The van der Waals surface area contributed by atoms with Gasteiger partial charge in [0.15, 0.2) is 0 Å². The molecule has 4 aromatic carbocycles. The molecule has 0 saturated heterocycles. The lowest BCUT2D eigenvalue weighted by atomic mass is 10.0. The Morgan fingerprint density at radius 3 is 1.37 bits per heavy atom. The van der Waals surface area contributed by atoms with Crippen LogP contribution in [0, 0.1) is 22.7 Å². The molecule has 0 unspecified atom stereocenters. The summed E-state index contributed by atoms with van der Waals surface area (Å²) in [6.07, 6.45) is 11.2. The number of ether oxygens (including phenoxy) is 4. The zero-order valence-electron chi connectivity index (χ0n) is 39.5. The molecule has 0 saturated carbocycles. The Bertz CT molecular complexity index is 2390. The third-order valence-corrected chi connectivity index (χ3v) is 11.4. The molecule has 14 heteroatoms. The Hall–Kier alpha value is -6.44. The third kappa shape index (κ3) is 16.4. The lowest BCUT2D eigenvalue weighted by Gasteiger charge is -2.14. The van der Waals surface area contributed by atoms with E-state index >= 15 is 0 Å². The molecule has 0 radical (unpaired) electrons. The van der Waals surface area contributed by atoms with Gasteiger partial charge in [-0.05, 0) is 162 Å². The molecule has 68 heavy (non-hydrogen) atoms. The summed E-state index contributed by atoms with van der Waals surface area (Å²) in [5.74, 6) is 2.76. The summed E-state index contributed by atoms with van der Waals surface area (Å²) < 4.78 is 58.0. The normalized spacial score (nSPS) is 11.1. The van der Waals surface area contributed by atoms with Crippen molar-refractivity contribution in [2.45, 2.75) is 91.5 Å². The molecular formula is C54H62N4O9P+. The van der Waals surface area contributed by atoms with E-state index in [1.807, 2.05) is 100 Å². The summed E-state index contributed by atoms with van der Waals surface area (Å²) in [5.41, 5.74) is 9.14. The van der Waals surface area contributed by atoms with E-state index in [9.17, 15) is 15.1 Å². The maximum absolute atomic E-state index is 12.4. The van der Waals surface area contributed by atoms with E-state index in [2.05, 4.69) is 34.9 Å². The van der Waals surface area contributed by atoms with Crippen molar-refractivity contribution in [1.82, 2.24) is 10.6 Å². The van der Waals surface area contributed by atoms with Gasteiger partial charge in [-0.25, -0.2) is 0 Å². The van der Waals surface area contributed by atoms with Crippen molar-refractivity contribution in [3.8, 4) is 57.4 Å². The molecule has 0 fully saturated rings. The maximum Gasteiger partial charge on any atom is 0.697 e. The Morgan fingerprint density at radius 1 is 0.544 bits per heavy atom. The Balaban J connectivity index is 0.839. The first-order valence-electron chi connectivity index (χ1n) is 23.3. The van der Waals surface area contributed by atoms with Gasteiger partial charge in [-0.3, -0.25) is 0 Å². The van der Waals surface area contributed by atoms with Gasteiger partial charge in [0.05, 0.1) is 61.6 Å². The second-order valence-corrected chi connectivity index (χ2v) is 17.7. The summed E-state index contributed by atoms with van der Waals surface area (Å²) in [7, 11) is -2.21. The standard InChI is InChI=1S/C54H62N4O9P/c1-39(2)66-51-15-11-41(29-47(51)33-55)9-5-23-62-53-17-13-43(31-49(53)45-19-27-60-37-45)35-57-21-7-25-64-68(59)65-26-8-22-58-36-44-14-18-54(50(32-44)46-20-28-61-38-46)63-24-6-10-42-12-16-52(67-40(3)4)48(30-42)34-56/h11-20,27-32,37-40,57-58H,5-10,21-26,35-36H2,1-4H3/q+1. The molecule has 0 aliphatic rings. The predicted molar refractivity (Wildman–Crippen MR) is 262 cm³/mol. The number of aryl methyl sites for hydroxylation is 2. The zero-order chi connectivity index (χ0) is 47.9. The lowest BCUT2D eigenvalue weighted by molar-refractivity contribution is 0.220. The summed E-state index contributed by atoms with van der Waals surface area (Å²) in [5, 5.41) is 26.0. The number of benzene rings is 4. The fraction of sp³-hybridized carbons (Fsp3) is 0.370. The first-order chi connectivity index (χ1) is 33.2. The first-order valence-corrected chi connectivity index (χ1v) is 24.4. The number of nitrogens with zero attached hydrogens (tertiary/aromatic N) is 2. The molecule has 0 atom stereocenters. The van der Waals surface area contributed by atoms with Crippen LogP contribution in [-0.2, 0) is 39.5 Å².